The molecule has 0 aliphatic heterocycles. The molecule has 1 N–H and O–H groups in total. The molecule has 2 fully saturated rings. The maximum atomic E-state index is 13.6. The van der Waals surface area contributed by atoms with Gasteiger partial charge in [0, 0.05) is 0 Å². The molecule has 0 amide bonds. The number of alkyl halides is 2. The minimum absolute atomic E-state index is 0.221. The second-order valence-corrected chi connectivity index (χ2v) is 6.31. The number of carboxylic acid groups (broad SMARTS) is 1. The highest BCUT2D eigenvalue weighted by Crippen LogP contribution is 2.49. The van der Waals surface area contributed by atoms with Crippen molar-refractivity contribution in [1.29, 1.82) is 0 Å². The van der Waals surface area contributed by atoms with Crippen molar-refractivity contribution >= 4 is 11.9 Å². The summed E-state index contributed by atoms with van der Waals surface area (Å²) >= 11 is 0. The Balaban J connectivity index is 2.05. The summed E-state index contributed by atoms with van der Waals surface area (Å²) in [7, 11) is 0. The third kappa shape index (κ3) is 2.65. The molecular weight excluding hydrogens is 270 g/mol. The molecule has 4 nitrogen and oxygen atoms in total. The Morgan fingerprint density at radius 1 is 1.25 bits per heavy atom. The number of halogens is 2. The predicted octanol–water partition coefficient (Wildman–Crippen LogP) is 2.71. The average molecular weight is 290 g/mol. The fraction of sp³-hybridized carbons (Fsp3) is 0.857. The van der Waals surface area contributed by atoms with Crippen molar-refractivity contribution in [2.75, 3.05) is 0 Å². The zero-order valence-electron chi connectivity index (χ0n) is 11.6. The predicted molar refractivity (Wildman–Crippen MR) is 66.2 cm³/mol. The van der Waals surface area contributed by atoms with Crippen LogP contribution < -0.4 is 0 Å². The molecule has 0 radical (unpaired) electrons. The lowest BCUT2D eigenvalue weighted by Gasteiger charge is -2.29. The molecule has 2 rings (SSSR count). The topological polar surface area (TPSA) is 63.6 Å². The molecule has 20 heavy (non-hydrogen) atoms. The fourth-order valence-electron chi connectivity index (χ4n) is 3.50. The molecule has 0 aromatic heterocycles. The van der Waals surface area contributed by atoms with Crippen molar-refractivity contribution in [1.82, 2.24) is 0 Å². The van der Waals surface area contributed by atoms with Gasteiger partial charge in [-0.1, -0.05) is 20.3 Å². The summed E-state index contributed by atoms with van der Waals surface area (Å²) in [6.07, 6.45) is 1.76. The second-order valence-electron chi connectivity index (χ2n) is 6.31. The van der Waals surface area contributed by atoms with E-state index in [0.717, 1.165) is 19.3 Å². The number of carbonyl (C=O) groups is 2. The standard InChI is InChI=1S/C14H20F2O4/c1-7(2)11(14(15,16)13(18)19)20-12(17)10-6-8-3-4-9(10)5-8/h7-11H,3-6H2,1-2H3,(H,18,19). The van der Waals surface area contributed by atoms with E-state index in [4.69, 9.17) is 9.84 Å². The molecule has 2 saturated carbocycles. The van der Waals surface area contributed by atoms with Gasteiger partial charge in [-0.25, -0.2) is 4.79 Å². The van der Waals surface area contributed by atoms with Crippen LogP contribution in [0.1, 0.15) is 39.5 Å². The summed E-state index contributed by atoms with van der Waals surface area (Å²) in [5.41, 5.74) is 0. The number of aliphatic carboxylic acids is 1. The number of ether oxygens (including phenoxy) is 1. The number of carboxylic acids is 1. The van der Waals surface area contributed by atoms with Gasteiger partial charge >= 0.3 is 17.9 Å². The monoisotopic (exact) mass is 290 g/mol. The maximum Gasteiger partial charge on any atom is 0.378 e. The first-order chi connectivity index (χ1) is 9.23. The number of hydrogen-bond donors (Lipinski definition) is 1. The minimum Gasteiger partial charge on any atom is -0.477 e. The van der Waals surface area contributed by atoms with E-state index in [0.29, 0.717) is 12.3 Å². The molecule has 0 spiro atoms. The van der Waals surface area contributed by atoms with Crippen LogP contribution in [-0.4, -0.2) is 29.1 Å². The van der Waals surface area contributed by atoms with Gasteiger partial charge in [0.05, 0.1) is 5.92 Å². The highest BCUT2D eigenvalue weighted by Gasteiger charge is 2.53. The Hall–Kier alpha value is -1.20. The summed E-state index contributed by atoms with van der Waals surface area (Å²) in [6, 6.07) is 0. The van der Waals surface area contributed by atoms with E-state index < -0.39 is 29.9 Å². The van der Waals surface area contributed by atoms with Gasteiger partial charge in [-0.15, -0.1) is 0 Å². The highest BCUT2D eigenvalue weighted by molar-refractivity contribution is 5.78. The van der Waals surface area contributed by atoms with Crippen LogP contribution in [0.5, 0.6) is 0 Å². The number of hydrogen-bond acceptors (Lipinski definition) is 3. The summed E-state index contributed by atoms with van der Waals surface area (Å²) in [4.78, 5) is 22.7. The SMILES string of the molecule is CC(C)C(OC(=O)C1CC2CCC1C2)C(F)(F)C(=O)O. The first-order valence-electron chi connectivity index (χ1n) is 7.05. The van der Waals surface area contributed by atoms with Crippen LogP contribution >= 0.6 is 0 Å². The summed E-state index contributed by atoms with van der Waals surface area (Å²) in [6.45, 7) is 2.85. The third-order valence-corrected chi connectivity index (χ3v) is 4.53. The summed E-state index contributed by atoms with van der Waals surface area (Å²) in [5.74, 6) is -7.34. The Morgan fingerprint density at radius 2 is 1.90 bits per heavy atom. The van der Waals surface area contributed by atoms with Gasteiger partial charge in [-0.3, -0.25) is 4.79 Å². The van der Waals surface area contributed by atoms with Crippen molar-refractivity contribution < 1.29 is 28.2 Å². The van der Waals surface area contributed by atoms with Gasteiger partial charge in [0.2, 0.25) is 0 Å². The maximum absolute atomic E-state index is 13.6. The van der Waals surface area contributed by atoms with Crippen LogP contribution in [0.15, 0.2) is 0 Å². The molecule has 2 bridgehead atoms. The van der Waals surface area contributed by atoms with E-state index in [1.54, 1.807) is 0 Å². The lowest BCUT2D eigenvalue weighted by molar-refractivity contribution is -0.202. The lowest BCUT2D eigenvalue weighted by atomic mass is 9.89. The van der Waals surface area contributed by atoms with Crippen LogP contribution in [0.25, 0.3) is 0 Å². The Kier molecular flexibility index (Phi) is 4.02. The van der Waals surface area contributed by atoms with E-state index in [9.17, 15) is 18.4 Å². The summed E-state index contributed by atoms with van der Waals surface area (Å²) in [5, 5.41) is 8.60. The van der Waals surface area contributed by atoms with Crippen molar-refractivity contribution in [3.05, 3.63) is 0 Å². The minimum atomic E-state index is -4.05. The Labute approximate surface area is 116 Å². The number of esters is 1. The largest absolute Gasteiger partial charge is 0.477 e. The molecule has 2 aliphatic rings. The first-order valence-corrected chi connectivity index (χ1v) is 7.05. The van der Waals surface area contributed by atoms with E-state index in [2.05, 4.69) is 0 Å². The van der Waals surface area contributed by atoms with Gasteiger partial charge in [0.1, 0.15) is 0 Å². The van der Waals surface area contributed by atoms with Gasteiger partial charge in [-0.05, 0) is 37.0 Å². The molecule has 114 valence electrons. The van der Waals surface area contributed by atoms with Crippen molar-refractivity contribution in [2.24, 2.45) is 23.7 Å². The van der Waals surface area contributed by atoms with Crippen molar-refractivity contribution in [2.45, 2.75) is 51.6 Å². The quantitative estimate of drug-likeness (QED) is 0.791. The molecule has 4 unspecified atom stereocenters. The molecular formula is C14H20F2O4. The van der Waals surface area contributed by atoms with Crippen LogP contribution in [0.3, 0.4) is 0 Å². The fourth-order valence-corrected chi connectivity index (χ4v) is 3.50. The third-order valence-electron chi connectivity index (χ3n) is 4.53. The van der Waals surface area contributed by atoms with Gasteiger partial charge in [0.15, 0.2) is 6.10 Å². The van der Waals surface area contributed by atoms with Crippen LogP contribution in [0.2, 0.25) is 0 Å². The molecule has 0 aromatic carbocycles. The first kappa shape index (κ1) is 15.2. The van der Waals surface area contributed by atoms with Gasteiger partial charge in [-0.2, -0.15) is 8.78 Å². The van der Waals surface area contributed by atoms with E-state index in [-0.39, 0.29) is 11.8 Å². The Bertz CT molecular complexity index is 408. The average Bonchev–Trinajstić information content (AvgIpc) is 2.96. The Morgan fingerprint density at radius 3 is 2.30 bits per heavy atom. The van der Waals surface area contributed by atoms with Gasteiger partial charge < -0.3 is 9.84 Å². The van der Waals surface area contributed by atoms with E-state index >= 15 is 0 Å². The smallest absolute Gasteiger partial charge is 0.378 e. The molecule has 0 heterocycles. The second kappa shape index (κ2) is 5.30. The zero-order chi connectivity index (χ0) is 15.1. The molecule has 6 heteroatoms. The number of carbonyl (C=O) groups excluding carboxylic acids is 1. The summed E-state index contributed by atoms with van der Waals surface area (Å²) < 4.78 is 32.1. The molecule has 0 aromatic rings. The van der Waals surface area contributed by atoms with Gasteiger partial charge in [0.25, 0.3) is 0 Å². The highest BCUT2D eigenvalue weighted by atomic mass is 19.3. The number of rotatable bonds is 5. The lowest BCUT2D eigenvalue weighted by Crippen LogP contribution is -2.48. The van der Waals surface area contributed by atoms with E-state index in [1.165, 1.54) is 13.8 Å². The molecule has 4 atom stereocenters. The van der Waals surface area contributed by atoms with Crippen LogP contribution in [0.4, 0.5) is 8.78 Å². The van der Waals surface area contributed by atoms with Crippen molar-refractivity contribution in [3.8, 4) is 0 Å². The molecule has 2 aliphatic carbocycles. The van der Waals surface area contributed by atoms with E-state index in [1.807, 2.05) is 0 Å². The van der Waals surface area contributed by atoms with Crippen LogP contribution in [-0.2, 0) is 14.3 Å². The number of fused-ring (bicyclic) bond motifs is 2. The normalized spacial score (nSPS) is 30.6. The zero-order valence-corrected chi connectivity index (χ0v) is 11.6. The van der Waals surface area contributed by atoms with Crippen molar-refractivity contribution in [3.63, 3.8) is 0 Å². The van der Waals surface area contributed by atoms with Crippen LogP contribution in [0, 0.1) is 23.7 Å². The molecule has 0 saturated heterocycles.